The number of ether oxygens (including phenoxy) is 1. The lowest BCUT2D eigenvalue weighted by molar-refractivity contribution is -0.146. The maximum atomic E-state index is 13.3. The molecule has 0 spiro atoms. The van der Waals surface area contributed by atoms with E-state index in [-0.39, 0.29) is 29.0 Å². The largest absolute Gasteiger partial charge is 0.469 e. The Bertz CT molecular complexity index is 1120. The second-order valence-electron chi connectivity index (χ2n) is 7.04. The molecule has 1 aliphatic heterocycles. The van der Waals surface area contributed by atoms with Gasteiger partial charge in [0, 0.05) is 18.5 Å². The van der Waals surface area contributed by atoms with Crippen LogP contribution in [0.15, 0.2) is 59.4 Å². The number of hydrogen-bond acceptors (Lipinski definition) is 5. The zero-order valence-corrected chi connectivity index (χ0v) is 16.1. The normalized spacial score (nSPS) is 14.7. The zero-order chi connectivity index (χ0) is 20.4. The number of nitrogens with zero attached hydrogens (tertiary/aromatic N) is 3. The summed E-state index contributed by atoms with van der Waals surface area (Å²) in [6.45, 7) is 0.887. The van der Waals surface area contributed by atoms with Crippen LogP contribution in [0.4, 0.5) is 0 Å². The van der Waals surface area contributed by atoms with Gasteiger partial charge in [-0.1, -0.05) is 36.4 Å². The molecular formula is C22H21N3O4. The standard InChI is InChI=1S/C22H21N3O4/c1-29-22(28)15-11-13-24(14-12-15)21(27)19-17-9-5-6-10-18(17)20(26)25(23-19)16-7-3-2-4-8-16/h2-10,15H,11-14H2,1H3. The number of methoxy groups -OCH3 is 1. The Kier molecular flexibility index (Phi) is 5.12. The molecule has 1 saturated heterocycles. The van der Waals surface area contributed by atoms with Gasteiger partial charge in [0.25, 0.3) is 11.5 Å². The van der Waals surface area contributed by atoms with Crippen LogP contribution in [0.25, 0.3) is 16.5 Å². The van der Waals surface area contributed by atoms with Gasteiger partial charge in [-0.25, -0.2) is 0 Å². The van der Waals surface area contributed by atoms with Crippen LogP contribution in [0, 0.1) is 5.92 Å². The first-order chi connectivity index (χ1) is 14.1. The quantitative estimate of drug-likeness (QED) is 0.641. The Morgan fingerprint density at radius 2 is 1.59 bits per heavy atom. The number of hydrogen-bond donors (Lipinski definition) is 0. The molecular weight excluding hydrogens is 370 g/mol. The Balaban J connectivity index is 1.74. The lowest BCUT2D eigenvalue weighted by atomic mass is 9.96. The van der Waals surface area contributed by atoms with Crippen molar-refractivity contribution in [3.05, 3.63) is 70.6 Å². The molecule has 0 atom stereocenters. The van der Waals surface area contributed by atoms with Gasteiger partial charge in [-0.3, -0.25) is 14.4 Å². The monoisotopic (exact) mass is 391 g/mol. The number of rotatable bonds is 3. The van der Waals surface area contributed by atoms with E-state index in [1.807, 2.05) is 18.2 Å². The fourth-order valence-corrected chi connectivity index (χ4v) is 3.73. The second-order valence-corrected chi connectivity index (χ2v) is 7.04. The molecule has 4 rings (SSSR count). The Labute approximate surface area is 167 Å². The van der Waals surface area contributed by atoms with Crippen molar-refractivity contribution in [1.29, 1.82) is 0 Å². The Hall–Kier alpha value is -3.48. The van der Waals surface area contributed by atoms with Gasteiger partial charge in [0.1, 0.15) is 0 Å². The predicted octanol–water partition coefficient (Wildman–Crippen LogP) is 2.41. The summed E-state index contributed by atoms with van der Waals surface area (Å²) in [4.78, 5) is 39.7. The highest BCUT2D eigenvalue weighted by molar-refractivity contribution is 6.05. The molecule has 7 heteroatoms. The summed E-state index contributed by atoms with van der Waals surface area (Å²) < 4.78 is 6.09. The number of likely N-dealkylation sites (tertiary alicyclic amines) is 1. The number of aromatic nitrogens is 2. The van der Waals surface area contributed by atoms with Crippen molar-refractivity contribution in [2.75, 3.05) is 20.2 Å². The topological polar surface area (TPSA) is 81.5 Å². The van der Waals surface area contributed by atoms with Crippen LogP contribution in [-0.4, -0.2) is 46.8 Å². The molecule has 0 bridgehead atoms. The van der Waals surface area contributed by atoms with Crippen molar-refractivity contribution in [2.45, 2.75) is 12.8 Å². The van der Waals surface area contributed by atoms with E-state index >= 15 is 0 Å². The number of piperidine rings is 1. The molecule has 0 saturated carbocycles. The molecule has 148 valence electrons. The predicted molar refractivity (Wildman–Crippen MR) is 108 cm³/mol. The number of benzene rings is 2. The van der Waals surface area contributed by atoms with E-state index in [1.165, 1.54) is 11.8 Å². The highest BCUT2D eigenvalue weighted by atomic mass is 16.5. The van der Waals surface area contributed by atoms with Crippen molar-refractivity contribution >= 4 is 22.6 Å². The average molecular weight is 391 g/mol. The van der Waals surface area contributed by atoms with Crippen LogP contribution in [0.5, 0.6) is 0 Å². The van der Waals surface area contributed by atoms with Crippen LogP contribution < -0.4 is 5.56 Å². The Morgan fingerprint density at radius 3 is 2.24 bits per heavy atom. The van der Waals surface area contributed by atoms with Gasteiger partial charge >= 0.3 is 5.97 Å². The highest BCUT2D eigenvalue weighted by Gasteiger charge is 2.30. The van der Waals surface area contributed by atoms with Crippen LogP contribution in [0.3, 0.4) is 0 Å². The third-order valence-corrected chi connectivity index (χ3v) is 5.32. The molecule has 2 heterocycles. The van der Waals surface area contributed by atoms with Crippen molar-refractivity contribution in [2.24, 2.45) is 5.92 Å². The highest BCUT2D eigenvalue weighted by Crippen LogP contribution is 2.22. The summed E-state index contributed by atoms with van der Waals surface area (Å²) in [6, 6.07) is 16.1. The molecule has 0 N–H and O–H groups in total. The minimum absolute atomic E-state index is 0.188. The van der Waals surface area contributed by atoms with Gasteiger partial charge in [-0.2, -0.15) is 9.78 Å². The molecule has 1 aromatic heterocycles. The summed E-state index contributed by atoms with van der Waals surface area (Å²) in [5, 5.41) is 5.41. The van der Waals surface area contributed by atoms with Crippen LogP contribution in [0.2, 0.25) is 0 Å². The van der Waals surface area contributed by atoms with Gasteiger partial charge in [0.15, 0.2) is 5.69 Å². The number of para-hydroxylation sites is 1. The number of fused-ring (bicyclic) bond motifs is 1. The lowest BCUT2D eigenvalue weighted by Crippen LogP contribution is -2.41. The smallest absolute Gasteiger partial charge is 0.308 e. The summed E-state index contributed by atoms with van der Waals surface area (Å²) in [7, 11) is 1.38. The minimum atomic E-state index is -0.271. The molecule has 1 amide bonds. The molecule has 2 aromatic carbocycles. The summed E-state index contributed by atoms with van der Waals surface area (Å²) >= 11 is 0. The molecule has 7 nitrogen and oxygen atoms in total. The lowest BCUT2D eigenvalue weighted by Gasteiger charge is -2.30. The average Bonchev–Trinajstić information content (AvgIpc) is 2.79. The van der Waals surface area contributed by atoms with Crippen molar-refractivity contribution < 1.29 is 14.3 Å². The zero-order valence-electron chi connectivity index (χ0n) is 16.1. The van der Waals surface area contributed by atoms with Crippen molar-refractivity contribution in [3.63, 3.8) is 0 Å². The minimum Gasteiger partial charge on any atom is -0.469 e. The first-order valence-corrected chi connectivity index (χ1v) is 9.54. The van der Waals surface area contributed by atoms with Gasteiger partial charge in [-0.05, 0) is 31.0 Å². The van der Waals surface area contributed by atoms with Gasteiger partial charge in [-0.15, -0.1) is 0 Å². The molecule has 0 radical (unpaired) electrons. The number of esters is 1. The van der Waals surface area contributed by atoms with Crippen LogP contribution in [0.1, 0.15) is 23.3 Å². The van der Waals surface area contributed by atoms with E-state index in [0.717, 1.165) is 0 Å². The van der Waals surface area contributed by atoms with Gasteiger partial charge < -0.3 is 9.64 Å². The maximum absolute atomic E-state index is 13.3. The van der Waals surface area contributed by atoms with E-state index in [9.17, 15) is 14.4 Å². The number of amides is 1. The molecule has 0 unspecified atom stereocenters. The fourth-order valence-electron chi connectivity index (χ4n) is 3.73. The number of carbonyl (C=O) groups excluding carboxylic acids is 2. The third-order valence-electron chi connectivity index (χ3n) is 5.32. The van der Waals surface area contributed by atoms with E-state index in [4.69, 9.17) is 4.74 Å². The van der Waals surface area contributed by atoms with Crippen molar-refractivity contribution in [1.82, 2.24) is 14.7 Å². The second kappa shape index (κ2) is 7.87. The van der Waals surface area contributed by atoms with Crippen LogP contribution >= 0.6 is 0 Å². The van der Waals surface area contributed by atoms with E-state index in [0.29, 0.717) is 42.4 Å². The molecule has 3 aromatic rings. The first-order valence-electron chi connectivity index (χ1n) is 9.54. The van der Waals surface area contributed by atoms with E-state index in [2.05, 4.69) is 5.10 Å². The third kappa shape index (κ3) is 3.51. The molecule has 1 aliphatic rings. The van der Waals surface area contributed by atoms with Crippen molar-refractivity contribution in [3.8, 4) is 5.69 Å². The maximum Gasteiger partial charge on any atom is 0.308 e. The first kappa shape index (κ1) is 18.9. The molecule has 1 fully saturated rings. The van der Waals surface area contributed by atoms with Gasteiger partial charge in [0.2, 0.25) is 0 Å². The van der Waals surface area contributed by atoms with Crippen LogP contribution in [-0.2, 0) is 9.53 Å². The molecule has 0 aliphatic carbocycles. The SMILES string of the molecule is COC(=O)C1CCN(C(=O)c2nn(-c3ccccc3)c(=O)c3ccccc23)CC1. The summed E-state index contributed by atoms with van der Waals surface area (Å²) in [6.07, 6.45) is 1.10. The summed E-state index contributed by atoms with van der Waals surface area (Å²) in [5.41, 5.74) is 0.565. The Morgan fingerprint density at radius 1 is 0.966 bits per heavy atom. The number of carbonyl (C=O) groups is 2. The van der Waals surface area contributed by atoms with E-state index in [1.54, 1.807) is 41.3 Å². The fraction of sp³-hybridized carbons (Fsp3) is 0.273. The molecule has 29 heavy (non-hydrogen) atoms. The van der Waals surface area contributed by atoms with E-state index < -0.39 is 0 Å². The summed E-state index contributed by atoms with van der Waals surface area (Å²) in [5.74, 6) is -0.667. The van der Waals surface area contributed by atoms with Gasteiger partial charge in [0.05, 0.1) is 24.1 Å².